The molecule has 212 valence electrons. The van der Waals surface area contributed by atoms with Gasteiger partial charge in [0.2, 0.25) is 0 Å². The fourth-order valence-electron chi connectivity index (χ4n) is 6.13. The summed E-state index contributed by atoms with van der Waals surface area (Å²) in [6.07, 6.45) is 11.7. The van der Waals surface area contributed by atoms with Gasteiger partial charge >= 0.3 is 11.9 Å². The molecule has 3 heterocycles. The van der Waals surface area contributed by atoms with Crippen LogP contribution in [0.2, 0.25) is 0 Å². The van der Waals surface area contributed by atoms with Crippen LogP contribution in [0.1, 0.15) is 55.8 Å². The number of rotatable bonds is 4. The molecular weight excluding hydrogens is 550 g/mol. The Kier molecular flexibility index (Phi) is 6.33. The normalized spacial score (nSPS) is 17.5. The predicted octanol–water partition coefficient (Wildman–Crippen LogP) is 7.08. The number of carbonyl (C=O) groups is 2. The molecule has 0 saturated heterocycles. The van der Waals surface area contributed by atoms with Gasteiger partial charge in [-0.05, 0) is 64.7 Å². The molecule has 7 nitrogen and oxygen atoms in total. The second-order valence-electron chi connectivity index (χ2n) is 11.1. The van der Waals surface area contributed by atoms with Gasteiger partial charge in [-0.25, -0.2) is 14.6 Å². The lowest BCUT2D eigenvalue weighted by Gasteiger charge is -2.42. The zero-order chi connectivity index (χ0) is 30.4. The molecule has 0 fully saturated rings. The summed E-state index contributed by atoms with van der Waals surface area (Å²) in [4.78, 5) is 35.1. The second kappa shape index (κ2) is 10.4. The average Bonchev–Trinajstić information content (AvgIpc) is 3.55. The Morgan fingerprint density at radius 2 is 1.59 bits per heavy atom. The Labute approximate surface area is 253 Å². The first-order chi connectivity index (χ1) is 21.3. The van der Waals surface area contributed by atoms with E-state index >= 15 is 0 Å². The number of aromatic amines is 1. The van der Waals surface area contributed by atoms with Crippen molar-refractivity contribution in [3.8, 4) is 45.7 Å². The van der Waals surface area contributed by atoms with Crippen molar-refractivity contribution in [2.24, 2.45) is 0 Å². The van der Waals surface area contributed by atoms with Gasteiger partial charge < -0.3 is 15.2 Å². The molecule has 3 N–H and O–H groups in total. The van der Waals surface area contributed by atoms with E-state index in [4.69, 9.17) is 0 Å². The number of nitrogens with one attached hydrogen (secondary N) is 1. The molecule has 7 heteroatoms. The Balaban J connectivity index is 1.25. The number of hydrogen-bond acceptors (Lipinski definition) is 4. The van der Waals surface area contributed by atoms with Crippen molar-refractivity contribution >= 4 is 11.9 Å². The fraction of sp³-hybridized carbons (Fsp3) is 0.0811. The Bertz CT molecular complexity index is 2130. The third kappa shape index (κ3) is 4.59. The van der Waals surface area contributed by atoms with Gasteiger partial charge in [0.1, 0.15) is 0 Å². The van der Waals surface area contributed by atoms with Crippen LogP contribution in [0.15, 0.2) is 109 Å². The lowest BCUT2D eigenvalue weighted by molar-refractivity contribution is 0.0686. The molecule has 2 atom stereocenters. The quantitative estimate of drug-likeness (QED) is 0.197. The Morgan fingerprint density at radius 1 is 0.818 bits per heavy atom. The first-order valence-electron chi connectivity index (χ1n) is 14.1. The topological polar surface area (TPSA) is 116 Å². The SMILES string of the molecule is CC12C=CC=CC1c1cc(C#Cc3ccnc(-c4cc(C(=O)O)cc(-c5cc(C(=O)O)c[nH]5)n4)c3)ccc1-c1ccccc12. The number of nitrogens with zero attached hydrogens (tertiary/aromatic N) is 2. The molecule has 0 amide bonds. The summed E-state index contributed by atoms with van der Waals surface area (Å²) in [6.45, 7) is 2.29. The largest absolute Gasteiger partial charge is 0.478 e. The summed E-state index contributed by atoms with van der Waals surface area (Å²) in [5.41, 5.74) is 7.98. The highest BCUT2D eigenvalue weighted by Gasteiger charge is 2.41. The number of H-pyrrole nitrogens is 1. The van der Waals surface area contributed by atoms with Crippen LogP contribution in [-0.2, 0) is 5.41 Å². The van der Waals surface area contributed by atoms with E-state index in [0.29, 0.717) is 28.3 Å². The number of aromatic carboxylic acids is 2. The number of pyridine rings is 2. The zero-order valence-corrected chi connectivity index (χ0v) is 23.6. The van der Waals surface area contributed by atoms with Gasteiger partial charge in [-0.1, -0.05) is 73.4 Å². The van der Waals surface area contributed by atoms with Crippen LogP contribution in [0.25, 0.3) is 33.9 Å². The van der Waals surface area contributed by atoms with E-state index < -0.39 is 11.9 Å². The maximum atomic E-state index is 11.9. The van der Waals surface area contributed by atoms with E-state index in [1.165, 1.54) is 46.6 Å². The van der Waals surface area contributed by atoms with Crippen LogP contribution in [0.4, 0.5) is 0 Å². The molecule has 2 aliphatic rings. The van der Waals surface area contributed by atoms with Crippen LogP contribution in [-0.4, -0.2) is 37.1 Å². The summed E-state index contributed by atoms with van der Waals surface area (Å²) in [6, 6.07) is 22.8. The third-order valence-electron chi connectivity index (χ3n) is 8.34. The van der Waals surface area contributed by atoms with Gasteiger partial charge in [0.25, 0.3) is 0 Å². The van der Waals surface area contributed by atoms with Crippen LogP contribution in [0, 0.1) is 11.8 Å². The van der Waals surface area contributed by atoms with Crippen molar-refractivity contribution in [1.29, 1.82) is 0 Å². The molecule has 0 bridgehead atoms. The summed E-state index contributed by atoms with van der Waals surface area (Å²) < 4.78 is 0. The van der Waals surface area contributed by atoms with Crippen molar-refractivity contribution in [2.45, 2.75) is 18.3 Å². The number of benzene rings is 2. The van der Waals surface area contributed by atoms with E-state index in [9.17, 15) is 19.8 Å². The molecule has 44 heavy (non-hydrogen) atoms. The molecule has 2 unspecified atom stereocenters. The van der Waals surface area contributed by atoms with E-state index in [-0.39, 0.29) is 22.5 Å². The van der Waals surface area contributed by atoms with Gasteiger partial charge in [-0.2, -0.15) is 0 Å². The minimum Gasteiger partial charge on any atom is -0.478 e. The molecular formula is C37H25N3O4. The fourth-order valence-corrected chi connectivity index (χ4v) is 6.13. The molecule has 0 spiro atoms. The standard InChI is InChI=1S/C37H25N3O4/c1-37-14-5-4-8-30(37)28-16-22(11-12-26(28)27-6-2-3-7-29(27)37)9-10-23-13-15-38-31(17-23)33-18-24(35(41)42)19-34(40-33)32-20-25(21-39-32)36(43)44/h2-8,11-21,30,39H,1H3,(H,41,42)(H,43,44). The number of carboxylic acid groups (broad SMARTS) is 2. The van der Waals surface area contributed by atoms with Crippen LogP contribution < -0.4 is 0 Å². The summed E-state index contributed by atoms with van der Waals surface area (Å²) in [7, 11) is 0. The number of carboxylic acids is 2. The minimum atomic E-state index is -1.13. The predicted molar refractivity (Wildman–Crippen MR) is 167 cm³/mol. The van der Waals surface area contributed by atoms with E-state index in [2.05, 4.69) is 94.4 Å². The van der Waals surface area contributed by atoms with Crippen LogP contribution in [0.3, 0.4) is 0 Å². The van der Waals surface area contributed by atoms with Gasteiger partial charge in [-0.3, -0.25) is 4.98 Å². The molecule has 0 radical (unpaired) electrons. The van der Waals surface area contributed by atoms with Gasteiger partial charge in [0.15, 0.2) is 0 Å². The smallest absolute Gasteiger partial charge is 0.337 e. The van der Waals surface area contributed by atoms with E-state index in [0.717, 1.165) is 5.56 Å². The highest BCUT2D eigenvalue weighted by atomic mass is 16.4. The Hall–Kier alpha value is -6.00. The number of aromatic nitrogens is 3. The monoisotopic (exact) mass is 575 g/mol. The number of allylic oxidation sites excluding steroid dienone is 4. The van der Waals surface area contributed by atoms with Crippen molar-refractivity contribution in [2.75, 3.05) is 0 Å². The molecule has 2 aromatic carbocycles. The summed E-state index contributed by atoms with van der Waals surface area (Å²) >= 11 is 0. The van der Waals surface area contributed by atoms with Crippen molar-refractivity contribution in [3.05, 3.63) is 143 Å². The number of fused-ring (bicyclic) bond motifs is 6. The zero-order valence-electron chi connectivity index (χ0n) is 23.6. The minimum absolute atomic E-state index is 0.00371. The number of hydrogen-bond donors (Lipinski definition) is 3. The van der Waals surface area contributed by atoms with Crippen LogP contribution in [0.5, 0.6) is 0 Å². The van der Waals surface area contributed by atoms with Crippen molar-refractivity contribution < 1.29 is 19.8 Å². The van der Waals surface area contributed by atoms with E-state index in [1.54, 1.807) is 18.3 Å². The third-order valence-corrected chi connectivity index (χ3v) is 8.34. The lowest BCUT2D eigenvalue weighted by Crippen LogP contribution is -2.32. The molecule has 0 saturated carbocycles. The highest BCUT2D eigenvalue weighted by Crippen LogP contribution is 2.53. The molecule has 5 aromatic rings. The first-order valence-corrected chi connectivity index (χ1v) is 14.1. The molecule has 7 rings (SSSR count). The second-order valence-corrected chi connectivity index (χ2v) is 11.1. The lowest BCUT2D eigenvalue weighted by atomic mass is 9.60. The summed E-state index contributed by atoms with van der Waals surface area (Å²) in [5.74, 6) is 4.51. The molecule has 2 aliphatic carbocycles. The van der Waals surface area contributed by atoms with Crippen molar-refractivity contribution in [3.63, 3.8) is 0 Å². The highest BCUT2D eigenvalue weighted by molar-refractivity contribution is 5.92. The first kappa shape index (κ1) is 26.9. The molecule has 0 aliphatic heterocycles. The van der Waals surface area contributed by atoms with E-state index in [1.807, 2.05) is 6.07 Å². The molecule has 3 aromatic heterocycles. The van der Waals surface area contributed by atoms with Gasteiger partial charge in [0.05, 0.1) is 33.9 Å². The Morgan fingerprint density at radius 3 is 2.39 bits per heavy atom. The average molecular weight is 576 g/mol. The maximum absolute atomic E-state index is 11.9. The van der Waals surface area contributed by atoms with Gasteiger partial charge in [0, 0.05) is 34.9 Å². The van der Waals surface area contributed by atoms with Crippen molar-refractivity contribution in [1.82, 2.24) is 15.0 Å². The maximum Gasteiger partial charge on any atom is 0.337 e. The van der Waals surface area contributed by atoms with Crippen LogP contribution >= 0.6 is 0 Å². The summed E-state index contributed by atoms with van der Waals surface area (Å²) in [5, 5.41) is 19.0. The van der Waals surface area contributed by atoms with Gasteiger partial charge in [-0.15, -0.1) is 0 Å².